The van der Waals surface area contributed by atoms with Crippen LogP contribution >= 0.6 is 0 Å². The second-order valence-electron chi connectivity index (χ2n) is 4.61. The van der Waals surface area contributed by atoms with Crippen molar-refractivity contribution in [2.24, 2.45) is 0 Å². The first-order valence-corrected chi connectivity index (χ1v) is 6.01. The molecule has 1 aromatic heterocycles. The molecule has 2 rings (SSSR count). The molecule has 98 valence electrons. The van der Waals surface area contributed by atoms with Gasteiger partial charge >= 0.3 is 5.97 Å². The zero-order valence-electron chi connectivity index (χ0n) is 10.4. The summed E-state index contributed by atoms with van der Waals surface area (Å²) in [5, 5.41) is 11.9. The third-order valence-electron chi connectivity index (χ3n) is 3.09. The van der Waals surface area contributed by atoms with E-state index >= 15 is 0 Å². The SMILES string of the molecule is CN(CCNc1ncc(C(=O)O)cc1N)C1CC1. The van der Waals surface area contributed by atoms with Gasteiger partial charge in [-0.2, -0.15) is 0 Å². The first kappa shape index (κ1) is 12.6. The molecule has 6 heteroatoms. The normalized spacial score (nSPS) is 14.8. The van der Waals surface area contributed by atoms with Crippen molar-refractivity contribution in [1.82, 2.24) is 9.88 Å². The Balaban J connectivity index is 1.86. The highest BCUT2D eigenvalue weighted by Gasteiger charge is 2.25. The number of rotatable bonds is 6. The maximum absolute atomic E-state index is 10.7. The fourth-order valence-electron chi connectivity index (χ4n) is 1.79. The Morgan fingerprint density at radius 2 is 2.39 bits per heavy atom. The number of aromatic nitrogens is 1. The minimum atomic E-state index is -1.02. The molecular weight excluding hydrogens is 232 g/mol. The first-order valence-electron chi connectivity index (χ1n) is 6.01. The van der Waals surface area contributed by atoms with Crippen LogP contribution in [-0.2, 0) is 0 Å². The van der Waals surface area contributed by atoms with Gasteiger partial charge in [-0.3, -0.25) is 0 Å². The highest BCUT2D eigenvalue weighted by Crippen LogP contribution is 2.24. The van der Waals surface area contributed by atoms with Gasteiger partial charge in [0, 0.05) is 25.3 Å². The van der Waals surface area contributed by atoms with Crippen molar-refractivity contribution in [3.63, 3.8) is 0 Å². The van der Waals surface area contributed by atoms with Crippen LogP contribution in [0.4, 0.5) is 11.5 Å². The van der Waals surface area contributed by atoms with Crippen molar-refractivity contribution >= 4 is 17.5 Å². The van der Waals surface area contributed by atoms with Crippen LogP contribution in [-0.4, -0.2) is 47.1 Å². The summed E-state index contributed by atoms with van der Waals surface area (Å²) >= 11 is 0. The van der Waals surface area contributed by atoms with Gasteiger partial charge in [-0.1, -0.05) is 0 Å². The maximum Gasteiger partial charge on any atom is 0.337 e. The number of carboxylic acids is 1. The van der Waals surface area contributed by atoms with E-state index in [1.807, 2.05) is 0 Å². The zero-order chi connectivity index (χ0) is 13.1. The van der Waals surface area contributed by atoms with E-state index < -0.39 is 5.97 Å². The standard InChI is InChI=1S/C12H18N4O2/c1-16(9-2-3-9)5-4-14-11-10(13)6-8(7-15-11)12(17)18/h6-7,9H,2-5,13H2,1H3,(H,14,15)(H,17,18). The van der Waals surface area contributed by atoms with Crippen LogP contribution in [0.1, 0.15) is 23.2 Å². The van der Waals surface area contributed by atoms with Crippen molar-refractivity contribution < 1.29 is 9.90 Å². The molecule has 4 N–H and O–H groups in total. The van der Waals surface area contributed by atoms with Crippen LogP contribution in [0, 0.1) is 0 Å². The van der Waals surface area contributed by atoms with Crippen LogP contribution in [0.3, 0.4) is 0 Å². The third kappa shape index (κ3) is 3.10. The summed E-state index contributed by atoms with van der Waals surface area (Å²) in [7, 11) is 2.10. The van der Waals surface area contributed by atoms with E-state index in [2.05, 4.69) is 22.2 Å². The molecule has 1 fully saturated rings. The summed E-state index contributed by atoms with van der Waals surface area (Å²) in [5.74, 6) is -0.474. The molecule has 1 aliphatic carbocycles. The smallest absolute Gasteiger partial charge is 0.337 e. The van der Waals surface area contributed by atoms with Gasteiger partial charge < -0.3 is 21.1 Å². The third-order valence-corrected chi connectivity index (χ3v) is 3.09. The molecule has 1 saturated carbocycles. The summed E-state index contributed by atoms with van der Waals surface area (Å²) in [6, 6.07) is 2.15. The Bertz CT molecular complexity index is 446. The molecule has 0 amide bonds. The number of nitrogen functional groups attached to an aromatic ring is 1. The largest absolute Gasteiger partial charge is 0.478 e. The van der Waals surface area contributed by atoms with Crippen molar-refractivity contribution in [3.8, 4) is 0 Å². The fourth-order valence-corrected chi connectivity index (χ4v) is 1.79. The summed E-state index contributed by atoms with van der Waals surface area (Å²) in [5.41, 5.74) is 6.22. The number of hydrogen-bond donors (Lipinski definition) is 3. The number of pyridine rings is 1. The van der Waals surface area contributed by atoms with E-state index in [-0.39, 0.29) is 5.56 Å². The van der Waals surface area contributed by atoms with Gasteiger partial charge in [-0.15, -0.1) is 0 Å². The second kappa shape index (κ2) is 5.22. The van der Waals surface area contributed by atoms with Crippen LogP contribution in [0.15, 0.2) is 12.3 Å². The molecule has 0 radical (unpaired) electrons. The summed E-state index contributed by atoms with van der Waals surface area (Å²) < 4.78 is 0. The Morgan fingerprint density at radius 1 is 1.67 bits per heavy atom. The maximum atomic E-state index is 10.7. The van der Waals surface area contributed by atoms with E-state index in [4.69, 9.17) is 10.8 Å². The lowest BCUT2D eigenvalue weighted by Crippen LogP contribution is -2.27. The van der Waals surface area contributed by atoms with Crippen LogP contribution in [0.25, 0.3) is 0 Å². The Kier molecular flexibility index (Phi) is 3.66. The van der Waals surface area contributed by atoms with Crippen molar-refractivity contribution in [2.75, 3.05) is 31.2 Å². The molecule has 6 nitrogen and oxygen atoms in total. The lowest BCUT2D eigenvalue weighted by Gasteiger charge is -2.16. The predicted molar refractivity (Wildman–Crippen MR) is 69.8 cm³/mol. The van der Waals surface area contributed by atoms with E-state index in [0.29, 0.717) is 11.5 Å². The average Bonchev–Trinajstić information content (AvgIpc) is 3.14. The number of aromatic carboxylic acids is 1. The molecule has 1 aliphatic rings. The highest BCUT2D eigenvalue weighted by atomic mass is 16.4. The molecular formula is C12H18N4O2. The zero-order valence-corrected chi connectivity index (χ0v) is 10.4. The number of nitrogens with one attached hydrogen (secondary N) is 1. The Hall–Kier alpha value is -1.82. The molecule has 0 aliphatic heterocycles. The number of anilines is 2. The van der Waals surface area contributed by atoms with Crippen LogP contribution in [0.2, 0.25) is 0 Å². The van der Waals surface area contributed by atoms with Crippen LogP contribution < -0.4 is 11.1 Å². The van der Waals surface area contributed by atoms with Crippen LogP contribution in [0.5, 0.6) is 0 Å². The molecule has 1 heterocycles. The van der Waals surface area contributed by atoms with E-state index in [0.717, 1.165) is 19.1 Å². The van der Waals surface area contributed by atoms with E-state index in [1.165, 1.54) is 25.1 Å². The quantitative estimate of drug-likeness (QED) is 0.694. The monoisotopic (exact) mass is 250 g/mol. The van der Waals surface area contributed by atoms with Gasteiger partial charge in [0.05, 0.1) is 11.3 Å². The number of carbonyl (C=O) groups is 1. The number of likely N-dealkylation sites (N-methyl/N-ethyl adjacent to an activating group) is 1. The van der Waals surface area contributed by atoms with Crippen molar-refractivity contribution in [1.29, 1.82) is 0 Å². The average molecular weight is 250 g/mol. The predicted octanol–water partition coefficient (Wildman–Crippen LogP) is 0.868. The van der Waals surface area contributed by atoms with Gasteiger partial charge in [0.25, 0.3) is 0 Å². The molecule has 1 aromatic rings. The lowest BCUT2D eigenvalue weighted by atomic mass is 10.2. The second-order valence-corrected chi connectivity index (χ2v) is 4.61. The van der Waals surface area contributed by atoms with Gasteiger partial charge in [0.1, 0.15) is 5.82 Å². The summed E-state index contributed by atoms with van der Waals surface area (Å²) in [6.45, 7) is 1.67. The number of hydrogen-bond acceptors (Lipinski definition) is 5. The van der Waals surface area contributed by atoms with E-state index in [1.54, 1.807) is 0 Å². The summed E-state index contributed by atoms with van der Waals surface area (Å²) in [4.78, 5) is 17.0. The lowest BCUT2D eigenvalue weighted by molar-refractivity contribution is 0.0696. The molecule has 0 bridgehead atoms. The fraction of sp³-hybridized carbons (Fsp3) is 0.500. The topological polar surface area (TPSA) is 91.5 Å². The molecule has 18 heavy (non-hydrogen) atoms. The minimum absolute atomic E-state index is 0.105. The number of nitrogens with two attached hydrogens (primary N) is 1. The molecule has 0 aromatic carbocycles. The van der Waals surface area contributed by atoms with Gasteiger partial charge in [0.2, 0.25) is 0 Å². The molecule has 0 saturated heterocycles. The Morgan fingerprint density at radius 3 is 2.94 bits per heavy atom. The summed E-state index contributed by atoms with van der Waals surface area (Å²) in [6.07, 6.45) is 3.88. The van der Waals surface area contributed by atoms with Gasteiger partial charge in [-0.05, 0) is 26.0 Å². The molecule has 0 unspecified atom stereocenters. The van der Waals surface area contributed by atoms with Crippen molar-refractivity contribution in [3.05, 3.63) is 17.8 Å². The first-order chi connectivity index (χ1) is 8.58. The van der Waals surface area contributed by atoms with Gasteiger partial charge in [0.15, 0.2) is 0 Å². The molecule has 0 spiro atoms. The van der Waals surface area contributed by atoms with Gasteiger partial charge in [-0.25, -0.2) is 9.78 Å². The van der Waals surface area contributed by atoms with Crippen molar-refractivity contribution in [2.45, 2.75) is 18.9 Å². The van der Waals surface area contributed by atoms with E-state index in [9.17, 15) is 4.79 Å². The highest BCUT2D eigenvalue weighted by molar-refractivity contribution is 5.89. The number of carboxylic acid groups (broad SMARTS) is 1. The number of nitrogens with zero attached hydrogens (tertiary/aromatic N) is 2. The minimum Gasteiger partial charge on any atom is -0.478 e. The Labute approximate surface area is 106 Å². The molecule has 0 atom stereocenters.